The molecule has 2 fully saturated rings. The van der Waals surface area contributed by atoms with Gasteiger partial charge >= 0.3 is 0 Å². The van der Waals surface area contributed by atoms with Gasteiger partial charge in [0.05, 0.1) is 5.69 Å². The number of anilines is 1. The van der Waals surface area contributed by atoms with Crippen molar-refractivity contribution in [3.05, 3.63) is 11.1 Å². The first-order chi connectivity index (χ1) is 7.24. The number of hydrogen-bond acceptors (Lipinski definition) is 3. The van der Waals surface area contributed by atoms with Crippen molar-refractivity contribution >= 4 is 28.1 Å². The smallest absolute Gasteiger partial charge is 0.185 e. The summed E-state index contributed by atoms with van der Waals surface area (Å²) in [4.78, 5) is 7.13. The maximum Gasteiger partial charge on any atom is 0.185 e. The number of hydrogen-bond donors (Lipinski definition) is 0. The predicted octanol–water partition coefficient (Wildman–Crippen LogP) is 3.19. The largest absolute Gasteiger partial charge is 0.342 e. The molecule has 3 rings (SSSR count). The van der Waals surface area contributed by atoms with Crippen molar-refractivity contribution in [2.24, 2.45) is 0 Å². The predicted molar refractivity (Wildman–Crippen MR) is 65.0 cm³/mol. The molecule has 0 aromatic carbocycles. The Morgan fingerprint density at radius 1 is 1.40 bits per heavy atom. The standard InChI is InChI=1S/C11H15ClN2S/c1-7-6-15-11(13-7)14-9-2-3-10(14)5-8(12)4-9/h6,8-10H,2-5H2,1H3. The van der Waals surface area contributed by atoms with E-state index in [-0.39, 0.29) is 0 Å². The number of rotatable bonds is 1. The Balaban J connectivity index is 1.88. The molecule has 2 atom stereocenters. The van der Waals surface area contributed by atoms with Crippen LogP contribution in [-0.2, 0) is 0 Å². The fourth-order valence-corrected chi connectivity index (χ4v) is 4.24. The maximum absolute atomic E-state index is 6.26. The van der Waals surface area contributed by atoms with Gasteiger partial charge in [-0.05, 0) is 32.6 Å². The lowest BCUT2D eigenvalue weighted by atomic mass is 10.0. The van der Waals surface area contributed by atoms with E-state index in [2.05, 4.69) is 22.2 Å². The molecule has 0 saturated carbocycles. The van der Waals surface area contributed by atoms with Gasteiger partial charge in [0.1, 0.15) is 0 Å². The molecule has 2 aliphatic heterocycles. The maximum atomic E-state index is 6.26. The van der Waals surface area contributed by atoms with Crippen LogP contribution in [0.1, 0.15) is 31.4 Å². The van der Waals surface area contributed by atoms with E-state index >= 15 is 0 Å². The molecular weight excluding hydrogens is 228 g/mol. The molecule has 2 saturated heterocycles. The highest BCUT2D eigenvalue weighted by Crippen LogP contribution is 2.41. The molecule has 4 heteroatoms. The first-order valence-electron chi connectivity index (χ1n) is 5.58. The van der Waals surface area contributed by atoms with Crippen molar-refractivity contribution < 1.29 is 0 Å². The van der Waals surface area contributed by atoms with E-state index in [0.29, 0.717) is 17.5 Å². The van der Waals surface area contributed by atoms with E-state index < -0.39 is 0 Å². The van der Waals surface area contributed by atoms with Crippen LogP contribution in [0.15, 0.2) is 5.38 Å². The number of alkyl halides is 1. The lowest BCUT2D eigenvalue weighted by molar-refractivity contribution is 0.473. The van der Waals surface area contributed by atoms with Gasteiger partial charge in [0, 0.05) is 22.8 Å². The van der Waals surface area contributed by atoms with Gasteiger partial charge in [-0.1, -0.05) is 0 Å². The summed E-state index contributed by atoms with van der Waals surface area (Å²) in [7, 11) is 0. The molecule has 0 amide bonds. The lowest BCUT2D eigenvalue weighted by Crippen LogP contribution is -2.43. The molecular formula is C11H15ClN2S. The topological polar surface area (TPSA) is 16.1 Å². The Morgan fingerprint density at radius 2 is 2.07 bits per heavy atom. The number of nitrogens with zero attached hydrogens (tertiary/aromatic N) is 2. The second kappa shape index (κ2) is 3.63. The van der Waals surface area contributed by atoms with Crippen molar-refractivity contribution in [1.29, 1.82) is 0 Å². The van der Waals surface area contributed by atoms with Crippen molar-refractivity contribution in [1.82, 2.24) is 4.98 Å². The molecule has 0 spiro atoms. The number of aryl methyl sites for hydroxylation is 1. The Labute approximate surface area is 99.3 Å². The summed E-state index contributed by atoms with van der Waals surface area (Å²) >= 11 is 8.04. The SMILES string of the molecule is Cc1csc(N2C3CCC2CC(Cl)C3)n1. The first kappa shape index (κ1) is 9.91. The zero-order valence-electron chi connectivity index (χ0n) is 8.82. The Kier molecular flexibility index (Phi) is 2.40. The van der Waals surface area contributed by atoms with E-state index in [0.717, 1.165) is 18.5 Å². The Hall–Kier alpha value is -0.280. The lowest BCUT2D eigenvalue weighted by Gasteiger charge is -2.36. The third kappa shape index (κ3) is 1.66. The summed E-state index contributed by atoms with van der Waals surface area (Å²) in [6.45, 7) is 2.07. The van der Waals surface area contributed by atoms with Gasteiger partial charge in [0.25, 0.3) is 0 Å². The van der Waals surface area contributed by atoms with Gasteiger partial charge in [-0.25, -0.2) is 4.98 Å². The highest BCUT2D eigenvalue weighted by Gasteiger charge is 2.41. The number of halogens is 1. The van der Waals surface area contributed by atoms with Crippen LogP contribution >= 0.6 is 22.9 Å². The fourth-order valence-electron chi connectivity index (χ4n) is 2.88. The Bertz CT molecular complexity index is 351. The molecule has 0 N–H and O–H groups in total. The van der Waals surface area contributed by atoms with Crippen LogP contribution in [0.2, 0.25) is 0 Å². The second-order valence-corrected chi connectivity index (χ2v) is 6.09. The Morgan fingerprint density at radius 3 is 2.60 bits per heavy atom. The fraction of sp³-hybridized carbons (Fsp3) is 0.727. The van der Waals surface area contributed by atoms with Crippen LogP contribution in [0.3, 0.4) is 0 Å². The highest BCUT2D eigenvalue weighted by molar-refractivity contribution is 7.13. The number of piperidine rings is 1. The molecule has 2 bridgehead atoms. The average molecular weight is 243 g/mol. The summed E-state index contributed by atoms with van der Waals surface area (Å²) < 4.78 is 0. The van der Waals surface area contributed by atoms with E-state index in [9.17, 15) is 0 Å². The molecule has 2 nitrogen and oxygen atoms in total. The zero-order chi connectivity index (χ0) is 10.4. The van der Waals surface area contributed by atoms with Gasteiger partial charge in [-0.2, -0.15) is 0 Å². The quantitative estimate of drug-likeness (QED) is 0.704. The van der Waals surface area contributed by atoms with E-state index in [1.54, 1.807) is 11.3 Å². The third-order valence-corrected chi connectivity index (χ3v) is 4.83. The first-order valence-corrected chi connectivity index (χ1v) is 6.90. The van der Waals surface area contributed by atoms with Crippen molar-refractivity contribution in [3.8, 4) is 0 Å². The van der Waals surface area contributed by atoms with E-state index in [4.69, 9.17) is 11.6 Å². The number of thiazole rings is 1. The van der Waals surface area contributed by atoms with Crippen LogP contribution in [-0.4, -0.2) is 22.4 Å². The van der Waals surface area contributed by atoms with E-state index in [1.807, 2.05) is 0 Å². The molecule has 82 valence electrons. The summed E-state index contributed by atoms with van der Waals surface area (Å²) in [5.74, 6) is 0. The number of fused-ring (bicyclic) bond motifs is 2. The number of aromatic nitrogens is 1. The normalized spacial score (nSPS) is 34.8. The molecule has 1 aromatic heterocycles. The van der Waals surface area contributed by atoms with E-state index in [1.165, 1.54) is 18.0 Å². The minimum atomic E-state index is 0.389. The summed E-state index contributed by atoms with van der Waals surface area (Å²) in [6, 6.07) is 1.30. The minimum Gasteiger partial charge on any atom is -0.342 e. The minimum absolute atomic E-state index is 0.389. The highest BCUT2D eigenvalue weighted by atomic mass is 35.5. The van der Waals surface area contributed by atoms with Crippen LogP contribution < -0.4 is 4.90 Å². The van der Waals surface area contributed by atoms with Gasteiger partial charge in [-0.3, -0.25) is 0 Å². The zero-order valence-corrected chi connectivity index (χ0v) is 10.4. The third-order valence-electron chi connectivity index (χ3n) is 3.50. The van der Waals surface area contributed by atoms with Gasteiger partial charge < -0.3 is 4.90 Å². The summed E-state index contributed by atoms with van der Waals surface area (Å²) in [5, 5.41) is 3.74. The second-order valence-electron chi connectivity index (χ2n) is 4.63. The average Bonchev–Trinajstić information content (AvgIpc) is 2.69. The molecule has 2 unspecified atom stereocenters. The van der Waals surface area contributed by atoms with Crippen LogP contribution in [0, 0.1) is 6.92 Å². The molecule has 0 aliphatic carbocycles. The van der Waals surface area contributed by atoms with Gasteiger partial charge in [0.15, 0.2) is 5.13 Å². The molecule has 2 aliphatic rings. The van der Waals surface area contributed by atoms with Crippen LogP contribution in [0.5, 0.6) is 0 Å². The van der Waals surface area contributed by atoms with Crippen molar-refractivity contribution in [2.75, 3.05) is 4.90 Å². The molecule has 3 heterocycles. The van der Waals surface area contributed by atoms with Crippen LogP contribution in [0.25, 0.3) is 0 Å². The van der Waals surface area contributed by atoms with Crippen LogP contribution in [0.4, 0.5) is 5.13 Å². The van der Waals surface area contributed by atoms with Crippen molar-refractivity contribution in [3.63, 3.8) is 0 Å². The van der Waals surface area contributed by atoms with Gasteiger partial charge in [-0.15, -0.1) is 22.9 Å². The molecule has 1 aromatic rings. The molecule has 15 heavy (non-hydrogen) atoms. The monoisotopic (exact) mass is 242 g/mol. The summed E-state index contributed by atoms with van der Waals surface area (Å²) in [5.41, 5.74) is 1.14. The van der Waals surface area contributed by atoms with Gasteiger partial charge in [0.2, 0.25) is 0 Å². The summed E-state index contributed by atoms with van der Waals surface area (Å²) in [6.07, 6.45) is 4.87. The van der Waals surface area contributed by atoms with Crippen molar-refractivity contribution in [2.45, 2.75) is 50.1 Å². The molecule has 0 radical (unpaired) electrons.